The second-order valence-corrected chi connectivity index (χ2v) is 4.10. The summed E-state index contributed by atoms with van der Waals surface area (Å²) in [6, 6.07) is 0. The molecule has 6 heteroatoms. The minimum atomic E-state index is -0.0555. The number of aromatic hydroxyl groups is 1. The van der Waals surface area contributed by atoms with Crippen molar-refractivity contribution in [2.45, 2.75) is 0 Å². The molecule has 0 aromatic carbocycles. The van der Waals surface area contributed by atoms with Gasteiger partial charge in [0.25, 0.3) is 0 Å². The molecule has 60 valence electrons. The number of rotatable bonds is 0. The first-order chi connectivity index (χ1) is 5.04. The lowest BCUT2D eigenvalue weighted by Crippen LogP contribution is -1.92. The zero-order valence-electron chi connectivity index (χ0n) is 5.11. The van der Waals surface area contributed by atoms with Crippen molar-refractivity contribution in [3.8, 4) is 5.75 Å². The van der Waals surface area contributed by atoms with E-state index in [-0.39, 0.29) is 11.6 Å². The largest absolute Gasteiger partial charge is 0.503 e. The topological polar surface area (TPSA) is 59.1 Å². The molecule has 1 rings (SSSR count). The van der Waals surface area contributed by atoms with E-state index in [1.165, 1.54) is 0 Å². The summed E-state index contributed by atoms with van der Waals surface area (Å²) in [5, 5.41) is 9.23. The summed E-state index contributed by atoms with van der Waals surface area (Å²) in [6.45, 7) is 0. The minimum absolute atomic E-state index is 0.0555. The van der Waals surface area contributed by atoms with Crippen molar-refractivity contribution < 1.29 is 5.11 Å². The molecular weight excluding hydrogens is 344 g/mol. The Hall–Kier alpha value is 0.190. The summed E-state index contributed by atoms with van der Waals surface area (Å²) < 4.78 is 1.70. The molecule has 1 aromatic heterocycles. The number of nitrogen functional groups attached to an aromatic ring is 1. The van der Waals surface area contributed by atoms with Crippen molar-refractivity contribution in [2.24, 2.45) is 0 Å². The number of anilines is 1. The number of nitrogens with zero attached hydrogens (tertiary/aromatic N) is 1. The molecule has 3 N–H and O–H groups in total. The van der Waals surface area contributed by atoms with Gasteiger partial charge in [0.05, 0.1) is 8.95 Å². The van der Waals surface area contributed by atoms with E-state index in [2.05, 4.69) is 52.8 Å². The first kappa shape index (κ1) is 9.28. The Morgan fingerprint density at radius 2 is 1.73 bits per heavy atom. The molecule has 1 aromatic rings. The van der Waals surface area contributed by atoms with E-state index in [0.717, 1.165) is 0 Å². The molecule has 0 atom stereocenters. The lowest BCUT2D eigenvalue weighted by atomic mass is 10.4. The zero-order valence-corrected chi connectivity index (χ0v) is 9.86. The zero-order chi connectivity index (χ0) is 8.59. The molecular formula is C5H3Br3N2O. The first-order valence-electron chi connectivity index (χ1n) is 2.53. The predicted octanol–water partition coefficient (Wildman–Crippen LogP) is 2.66. The molecule has 0 unspecified atom stereocenters. The van der Waals surface area contributed by atoms with E-state index in [1.54, 1.807) is 0 Å². The van der Waals surface area contributed by atoms with Crippen LogP contribution in [0.2, 0.25) is 0 Å². The maximum absolute atomic E-state index is 9.23. The molecule has 0 aliphatic carbocycles. The van der Waals surface area contributed by atoms with Crippen molar-refractivity contribution >= 4 is 53.6 Å². The molecule has 0 bridgehead atoms. The van der Waals surface area contributed by atoms with Gasteiger partial charge in [0, 0.05) is 0 Å². The van der Waals surface area contributed by atoms with E-state index in [0.29, 0.717) is 13.5 Å². The normalized spacial score (nSPS) is 10.1. The van der Waals surface area contributed by atoms with Crippen molar-refractivity contribution in [3.63, 3.8) is 0 Å². The number of halogens is 3. The van der Waals surface area contributed by atoms with Crippen LogP contribution < -0.4 is 5.73 Å². The number of nitrogens with two attached hydrogens (primary N) is 1. The van der Waals surface area contributed by atoms with E-state index in [1.807, 2.05) is 0 Å². The van der Waals surface area contributed by atoms with Crippen LogP contribution in [0, 0.1) is 0 Å². The molecule has 0 saturated carbocycles. The Morgan fingerprint density at radius 1 is 1.18 bits per heavy atom. The molecule has 0 aliphatic heterocycles. The first-order valence-corrected chi connectivity index (χ1v) is 4.91. The predicted molar refractivity (Wildman–Crippen MR) is 53.4 cm³/mol. The van der Waals surface area contributed by atoms with Crippen LogP contribution in [0.5, 0.6) is 5.75 Å². The van der Waals surface area contributed by atoms with Crippen LogP contribution in [0.15, 0.2) is 13.5 Å². The van der Waals surface area contributed by atoms with Crippen LogP contribution in [-0.2, 0) is 0 Å². The van der Waals surface area contributed by atoms with Crippen molar-refractivity contribution in [2.75, 3.05) is 5.73 Å². The Morgan fingerprint density at radius 3 is 2.27 bits per heavy atom. The van der Waals surface area contributed by atoms with E-state index < -0.39 is 0 Å². The number of hydrogen-bond donors (Lipinski definition) is 2. The van der Waals surface area contributed by atoms with Gasteiger partial charge in [0.1, 0.15) is 4.60 Å². The molecule has 0 amide bonds. The van der Waals surface area contributed by atoms with Gasteiger partial charge in [-0.2, -0.15) is 0 Å². The Bertz CT molecular complexity index is 276. The molecule has 0 fully saturated rings. The fraction of sp³-hybridized carbons (Fsp3) is 0. The highest BCUT2D eigenvalue weighted by atomic mass is 79.9. The fourth-order valence-corrected chi connectivity index (χ4v) is 1.84. The fourth-order valence-electron chi connectivity index (χ4n) is 0.515. The second kappa shape index (κ2) is 3.28. The monoisotopic (exact) mass is 344 g/mol. The summed E-state index contributed by atoms with van der Waals surface area (Å²) in [5.41, 5.74) is 5.35. The molecule has 1 heterocycles. The third-order valence-electron chi connectivity index (χ3n) is 1.04. The molecule has 0 saturated heterocycles. The summed E-state index contributed by atoms with van der Waals surface area (Å²) in [7, 11) is 0. The van der Waals surface area contributed by atoms with Crippen LogP contribution in [0.4, 0.5) is 5.82 Å². The summed E-state index contributed by atoms with van der Waals surface area (Å²) in [4.78, 5) is 3.80. The molecule has 3 nitrogen and oxygen atoms in total. The van der Waals surface area contributed by atoms with Crippen molar-refractivity contribution in [3.05, 3.63) is 13.5 Å². The van der Waals surface area contributed by atoms with Crippen LogP contribution in [0.3, 0.4) is 0 Å². The van der Waals surface area contributed by atoms with Crippen LogP contribution >= 0.6 is 47.8 Å². The van der Waals surface area contributed by atoms with Gasteiger partial charge in [-0.15, -0.1) is 0 Å². The van der Waals surface area contributed by atoms with Gasteiger partial charge in [-0.25, -0.2) is 4.98 Å². The van der Waals surface area contributed by atoms with Gasteiger partial charge in [-0.3, -0.25) is 0 Å². The highest BCUT2D eigenvalue weighted by molar-refractivity contribution is 9.14. The van der Waals surface area contributed by atoms with Crippen LogP contribution in [0.1, 0.15) is 0 Å². The van der Waals surface area contributed by atoms with E-state index >= 15 is 0 Å². The molecule has 11 heavy (non-hydrogen) atoms. The van der Waals surface area contributed by atoms with Gasteiger partial charge >= 0.3 is 0 Å². The highest BCUT2D eigenvalue weighted by Gasteiger charge is 2.11. The molecule has 0 aliphatic rings. The maximum atomic E-state index is 9.23. The number of pyridine rings is 1. The Labute approximate surface area is 88.4 Å². The Kier molecular flexibility index (Phi) is 2.77. The second-order valence-electron chi connectivity index (χ2n) is 1.76. The van der Waals surface area contributed by atoms with E-state index in [4.69, 9.17) is 5.73 Å². The SMILES string of the molecule is Nc1nc(Br)c(Br)c(Br)c1O. The Balaban J connectivity index is 3.46. The van der Waals surface area contributed by atoms with Crippen molar-refractivity contribution in [1.82, 2.24) is 4.98 Å². The number of hydrogen-bond acceptors (Lipinski definition) is 3. The lowest BCUT2D eigenvalue weighted by molar-refractivity contribution is 0.471. The standard InChI is InChI=1S/C5H3Br3N2O/c6-1-2(7)4(8)10-5(9)3(1)11/h11H,(H2,9,10). The van der Waals surface area contributed by atoms with Crippen molar-refractivity contribution in [1.29, 1.82) is 0 Å². The van der Waals surface area contributed by atoms with Crippen LogP contribution in [0.25, 0.3) is 0 Å². The smallest absolute Gasteiger partial charge is 0.173 e. The summed E-state index contributed by atoms with van der Waals surface area (Å²) >= 11 is 9.48. The molecule has 0 spiro atoms. The van der Waals surface area contributed by atoms with E-state index in [9.17, 15) is 5.11 Å². The average Bonchev–Trinajstić information content (AvgIpc) is 1.97. The van der Waals surface area contributed by atoms with Gasteiger partial charge in [0.2, 0.25) is 0 Å². The summed E-state index contributed by atoms with van der Waals surface area (Å²) in [6.07, 6.45) is 0. The minimum Gasteiger partial charge on any atom is -0.503 e. The highest BCUT2D eigenvalue weighted by Crippen LogP contribution is 2.38. The third kappa shape index (κ3) is 1.68. The maximum Gasteiger partial charge on any atom is 0.173 e. The lowest BCUT2D eigenvalue weighted by Gasteiger charge is -2.03. The van der Waals surface area contributed by atoms with Gasteiger partial charge < -0.3 is 10.8 Å². The summed E-state index contributed by atoms with van der Waals surface area (Å²) in [5.74, 6) is 0.0343. The quantitative estimate of drug-likeness (QED) is 0.710. The number of aromatic nitrogens is 1. The van der Waals surface area contributed by atoms with Gasteiger partial charge in [-0.05, 0) is 47.8 Å². The van der Waals surface area contributed by atoms with Gasteiger partial charge in [-0.1, -0.05) is 0 Å². The average molecular weight is 347 g/mol. The molecule has 0 radical (unpaired) electrons. The van der Waals surface area contributed by atoms with Gasteiger partial charge in [0.15, 0.2) is 11.6 Å². The van der Waals surface area contributed by atoms with Crippen LogP contribution in [-0.4, -0.2) is 10.1 Å². The third-order valence-corrected chi connectivity index (χ3v) is 4.23.